The summed E-state index contributed by atoms with van der Waals surface area (Å²) in [6, 6.07) is 23.8. The molecule has 0 unspecified atom stereocenters. The van der Waals surface area contributed by atoms with E-state index in [2.05, 4.69) is 10.3 Å². The molecule has 1 aromatic heterocycles. The molecule has 186 valence electrons. The summed E-state index contributed by atoms with van der Waals surface area (Å²) in [4.78, 5) is 34.6. The number of carbonyl (C=O) groups excluding carboxylic acids is 1. The summed E-state index contributed by atoms with van der Waals surface area (Å²) in [6.45, 7) is 1.80. The maximum Gasteiger partial charge on any atom is 0.271 e. The highest BCUT2D eigenvalue weighted by molar-refractivity contribution is 7.07. The molecule has 3 aromatic carbocycles. The van der Waals surface area contributed by atoms with Gasteiger partial charge < -0.3 is 10.2 Å². The number of aromatic nitrogens is 1. The second-order valence-electron chi connectivity index (χ2n) is 8.94. The molecule has 1 aliphatic heterocycles. The largest absolute Gasteiger partial charge is 0.378 e. The van der Waals surface area contributed by atoms with E-state index < -0.39 is 6.04 Å². The molecule has 1 atom stereocenters. The first kappa shape index (κ1) is 24.7. The highest BCUT2D eigenvalue weighted by Crippen LogP contribution is 2.32. The van der Waals surface area contributed by atoms with Crippen LogP contribution in [0.2, 0.25) is 5.02 Å². The van der Waals surface area contributed by atoms with E-state index in [9.17, 15) is 9.59 Å². The lowest BCUT2D eigenvalue weighted by molar-refractivity contribution is -0.113. The van der Waals surface area contributed by atoms with Crippen LogP contribution >= 0.6 is 22.9 Å². The number of thiazole rings is 1. The van der Waals surface area contributed by atoms with Gasteiger partial charge in [0.05, 0.1) is 21.8 Å². The molecule has 1 N–H and O–H groups in total. The lowest BCUT2D eigenvalue weighted by Crippen LogP contribution is -2.40. The SMILES string of the molecule is CC1=C(C(=O)Nc2ccccc2)[C@H](c2cccc(Cl)c2)n2c(s/c(=C/c3ccc(N(C)C)cc3)c2=O)=N1. The fourth-order valence-corrected chi connectivity index (χ4v) is 5.59. The van der Waals surface area contributed by atoms with Crippen LogP contribution in [0.1, 0.15) is 24.1 Å². The Morgan fingerprint density at radius 2 is 1.78 bits per heavy atom. The second kappa shape index (κ2) is 10.2. The Bertz CT molecular complexity index is 1690. The summed E-state index contributed by atoms with van der Waals surface area (Å²) >= 11 is 7.65. The van der Waals surface area contributed by atoms with Crippen molar-refractivity contribution in [1.82, 2.24) is 4.57 Å². The molecule has 0 fully saturated rings. The lowest BCUT2D eigenvalue weighted by Gasteiger charge is -2.25. The zero-order valence-electron chi connectivity index (χ0n) is 20.6. The maximum absolute atomic E-state index is 13.8. The second-order valence-corrected chi connectivity index (χ2v) is 10.4. The first-order chi connectivity index (χ1) is 17.8. The van der Waals surface area contributed by atoms with Crippen LogP contribution in [0, 0.1) is 0 Å². The Balaban J connectivity index is 1.65. The number of hydrogen-bond donors (Lipinski definition) is 1. The number of nitrogens with one attached hydrogen (secondary N) is 1. The van der Waals surface area contributed by atoms with Gasteiger partial charge in [-0.15, -0.1) is 0 Å². The van der Waals surface area contributed by atoms with Gasteiger partial charge in [-0.05, 0) is 60.5 Å². The minimum atomic E-state index is -0.670. The highest BCUT2D eigenvalue weighted by atomic mass is 35.5. The molecule has 0 spiro atoms. The van der Waals surface area contributed by atoms with Crippen LogP contribution < -0.4 is 25.1 Å². The van der Waals surface area contributed by atoms with Crippen LogP contribution in [0.4, 0.5) is 11.4 Å². The topological polar surface area (TPSA) is 66.7 Å². The van der Waals surface area contributed by atoms with E-state index in [1.54, 1.807) is 23.6 Å². The molecule has 8 heteroatoms. The van der Waals surface area contributed by atoms with Gasteiger partial charge in [-0.2, -0.15) is 0 Å². The third-order valence-corrected chi connectivity index (χ3v) is 7.39. The summed E-state index contributed by atoms with van der Waals surface area (Å²) < 4.78 is 2.14. The molecular weight excluding hydrogens is 504 g/mol. The number of nitrogens with zero attached hydrogens (tertiary/aromatic N) is 3. The molecule has 0 bridgehead atoms. The van der Waals surface area contributed by atoms with Gasteiger partial charge in [-0.25, -0.2) is 4.99 Å². The van der Waals surface area contributed by atoms with Crippen molar-refractivity contribution in [2.24, 2.45) is 4.99 Å². The Labute approximate surface area is 223 Å². The smallest absolute Gasteiger partial charge is 0.271 e. The van der Waals surface area contributed by atoms with Crippen molar-refractivity contribution in [1.29, 1.82) is 0 Å². The van der Waals surface area contributed by atoms with Crippen molar-refractivity contribution in [3.8, 4) is 0 Å². The van der Waals surface area contributed by atoms with Crippen molar-refractivity contribution in [2.45, 2.75) is 13.0 Å². The van der Waals surface area contributed by atoms with Crippen molar-refractivity contribution in [2.75, 3.05) is 24.3 Å². The van der Waals surface area contributed by atoms with Gasteiger partial charge in [-0.1, -0.05) is 65.4 Å². The summed E-state index contributed by atoms with van der Waals surface area (Å²) in [7, 11) is 3.97. The van der Waals surface area contributed by atoms with Gasteiger partial charge in [-0.3, -0.25) is 14.2 Å². The van der Waals surface area contributed by atoms with Crippen LogP contribution in [-0.4, -0.2) is 24.6 Å². The van der Waals surface area contributed by atoms with Crippen LogP contribution in [0.25, 0.3) is 6.08 Å². The number of anilines is 2. The molecular formula is C29H25ClN4O2S. The maximum atomic E-state index is 13.8. The Morgan fingerprint density at radius 1 is 1.05 bits per heavy atom. The van der Waals surface area contributed by atoms with Crippen LogP contribution in [0.3, 0.4) is 0 Å². The van der Waals surface area contributed by atoms with Gasteiger partial charge in [0.2, 0.25) is 0 Å². The fourth-order valence-electron chi connectivity index (χ4n) is 4.34. The zero-order chi connectivity index (χ0) is 26.1. The molecule has 5 rings (SSSR count). The van der Waals surface area contributed by atoms with Crippen molar-refractivity contribution in [3.63, 3.8) is 0 Å². The normalized spacial score (nSPS) is 15.2. The van der Waals surface area contributed by atoms with Crippen LogP contribution in [-0.2, 0) is 4.79 Å². The zero-order valence-corrected chi connectivity index (χ0v) is 22.2. The van der Waals surface area contributed by atoms with Crippen molar-refractivity contribution in [3.05, 3.63) is 126 Å². The molecule has 0 aliphatic carbocycles. The number of fused-ring (bicyclic) bond motifs is 1. The van der Waals surface area contributed by atoms with Crippen LogP contribution in [0.15, 0.2) is 99.9 Å². The Kier molecular flexibility index (Phi) is 6.82. The molecule has 0 radical (unpaired) electrons. The predicted octanol–water partition coefficient (Wildman–Crippen LogP) is 4.59. The summed E-state index contributed by atoms with van der Waals surface area (Å²) in [6.07, 6.45) is 1.86. The molecule has 37 heavy (non-hydrogen) atoms. The standard InChI is InChI=1S/C29H25ClN4O2S/c1-18-25(27(35)32-22-10-5-4-6-11-22)26(20-8-7-9-21(30)17-20)34-28(36)24(37-29(34)31-18)16-19-12-14-23(15-13-19)33(2)3/h4-17,26H,1-3H3,(H,32,35)/b24-16+/t26-/m0/s1. The third kappa shape index (κ3) is 5.01. The number of amides is 1. The molecule has 4 aromatic rings. The average Bonchev–Trinajstić information content (AvgIpc) is 3.18. The number of rotatable bonds is 5. The number of benzene rings is 3. The molecule has 2 heterocycles. The number of para-hydroxylation sites is 1. The summed E-state index contributed by atoms with van der Waals surface area (Å²) in [5.74, 6) is -0.314. The quantitative estimate of drug-likeness (QED) is 0.412. The molecule has 1 aliphatic rings. The third-order valence-electron chi connectivity index (χ3n) is 6.17. The highest BCUT2D eigenvalue weighted by Gasteiger charge is 2.32. The molecule has 0 saturated carbocycles. The van der Waals surface area contributed by atoms with Crippen LogP contribution in [0.5, 0.6) is 0 Å². The van der Waals surface area contributed by atoms with E-state index >= 15 is 0 Å². The number of carbonyl (C=O) groups is 1. The van der Waals surface area contributed by atoms with Gasteiger partial charge in [0.15, 0.2) is 4.80 Å². The monoisotopic (exact) mass is 528 g/mol. The Hall–Kier alpha value is -3.94. The Morgan fingerprint density at radius 3 is 2.46 bits per heavy atom. The van der Waals surface area contributed by atoms with E-state index in [1.165, 1.54) is 11.3 Å². The predicted molar refractivity (Wildman–Crippen MR) is 151 cm³/mol. The minimum Gasteiger partial charge on any atom is -0.378 e. The van der Waals surface area contributed by atoms with Crippen molar-refractivity contribution < 1.29 is 4.79 Å². The first-order valence-corrected chi connectivity index (χ1v) is 12.9. The van der Waals surface area contributed by atoms with E-state index in [-0.39, 0.29) is 11.5 Å². The molecule has 6 nitrogen and oxygen atoms in total. The van der Waals surface area contributed by atoms with E-state index in [0.717, 1.165) is 16.8 Å². The number of allylic oxidation sites excluding steroid dienone is 1. The summed E-state index contributed by atoms with van der Waals surface area (Å²) in [5, 5.41) is 3.48. The molecule has 0 saturated heterocycles. The van der Waals surface area contributed by atoms with Gasteiger partial charge in [0.25, 0.3) is 11.5 Å². The molecule has 1 amide bonds. The van der Waals surface area contributed by atoms with Gasteiger partial charge in [0.1, 0.15) is 0 Å². The average molecular weight is 529 g/mol. The first-order valence-electron chi connectivity index (χ1n) is 11.7. The minimum absolute atomic E-state index is 0.206. The van der Waals surface area contributed by atoms with Crippen molar-refractivity contribution >= 4 is 46.3 Å². The summed E-state index contributed by atoms with van der Waals surface area (Å²) in [5.41, 5.74) is 4.14. The number of hydrogen-bond acceptors (Lipinski definition) is 5. The van der Waals surface area contributed by atoms with E-state index in [1.807, 2.05) is 91.8 Å². The lowest BCUT2D eigenvalue weighted by atomic mass is 9.95. The van der Waals surface area contributed by atoms with E-state index in [0.29, 0.717) is 31.3 Å². The van der Waals surface area contributed by atoms with E-state index in [4.69, 9.17) is 11.6 Å². The number of halogens is 1. The van der Waals surface area contributed by atoms with Gasteiger partial charge >= 0.3 is 0 Å². The fraction of sp³-hybridized carbons (Fsp3) is 0.138. The van der Waals surface area contributed by atoms with Gasteiger partial charge in [0, 0.05) is 30.5 Å².